The van der Waals surface area contributed by atoms with E-state index < -0.39 is 0 Å². The fourth-order valence-corrected chi connectivity index (χ4v) is 3.34. The first-order valence-electron chi connectivity index (χ1n) is 8.79. The summed E-state index contributed by atoms with van der Waals surface area (Å²) >= 11 is 0. The minimum atomic E-state index is 0.0135. The molecule has 0 saturated carbocycles. The molecule has 0 aliphatic carbocycles. The van der Waals surface area contributed by atoms with Crippen molar-refractivity contribution in [2.75, 3.05) is 44.8 Å². The first-order valence-corrected chi connectivity index (χ1v) is 8.79. The van der Waals surface area contributed by atoms with E-state index in [4.69, 9.17) is 9.47 Å². The van der Waals surface area contributed by atoms with Crippen LogP contribution in [-0.4, -0.2) is 67.3 Å². The standard InChI is InChI=1S/C17H28N4O2/c1-20(11-13-23-17-8-2-3-12-22-17)15-6-5-10-21(14-15)16-7-4-9-18-19-16/h4,7,9,15,17H,2-3,5-6,8,10-14H2,1H3/t15-,17-/m1/s1. The predicted octanol–water partition coefficient (Wildman–Crippen LogP) is 1.92. The number of piperidine rings is 1. The number of likely N-dealkylation sites (N-methyl/N-ethyl adjacent to an activating group) is 1. The van der Waals surface area contributed by atoms with Crippen molar-refractivity contribution in [3.63, 3.8) is 0 Å². The summed E-state index contributed by atoms with van der Waals surface area (Å²) in [6.07, 6.45) is 7.58. The molecular weight excluding hydrogens is 292 g/mol. The van der Waals surface area contributed by atoms with E-state index in [1.807, 2.05) is 12.1 Å². The van der Waals surface area contributed by atoms with Gasteiger partial charge in [-0.25, -0.2) is 0 Å². The Bertz CT molecular complexity index is 453. The Balaban J connectivity index is 1.42. The fourth-order valence-electron chi connectivity index (χ4n) is 3.34. The van der Waals surface area contributed by atoms with Gasteiger partial charge in [0.2, 0.25) is 0 Å². The van der Waals surface area contributed by atoms with Crippen molar-refractivity contribution in [3.05, 3.63) is 18.3 Å². The van der Waals surface area contributed by atoms with Crippen molar-refractivity contribution in [2.24, 2.45) is 0 Å². The van der Waals surface area contributed by atoms with E-state index in [2.05, 4.69) is 27.0 Å². The number of rotatable bonds is 6. The zero-order chi connectivity index (χ0) is 15.9. The van der Waals surface area contributed by atoms with Gasteiger partial charge in [-0.15, -0.1) is 5.10 Å². The molecule has 0 radical (unpaired) electrons. The largest absolute Gasteiger partial charge is 0.354 e. The van der Waals surface area contributed by atoms with Crippen molar-refractivity contribution >= 4 is 5.82 Å². The van der Waals surface area contributed by atoms with Crippen molar-refractivity contribution in [1.82, 2.24) is 15.1 Å². The highest BCUT2D eigenvalue weighted by Gasteiger charge is 2.24. The van der Waals surface area contributed by atoms with Crippen LogP contribution in [0.15, 0.2) is 18.3 Å². The summed E-state index contributed by atoms with van der Waals surface area (Å²) in [5.74, 6) is 0.984. The molecular formula is C17H28N4O2. The molecule has 23 heavy (non-hydrogen) atoms. The monoisotopic (exact) mass is 320 g/mol. The molecule has 1 aromatic rings. The quantitative estimate of drug-likeness (QED) is 0.798. The van der Waals surface area contributed by atoms with E-state index in [1.54, 1.807) is 6.20 Å². The lowest BCUT2D eigenvalue weighted by atomic mass is 10.0. The van der Waals surface area contributed by atoms with E-state index in [1.165, 1.54) is 25.7 Å². The number of aromatic nitrogens is 2. The smallest absolute Gasteiger partial charge is 0.157 e. The van der Waals surface area contributed by atoms with Crippen LogP contribution in [-0.2, 0) is 9.47 Å². The fraction of sp³-hybridized carbons (Fsp3) is 0.765. The molecule has 2 aliphatic rings. The first kappa shape index (κ1) is 16.6. The average molecular weight is 320 g/mol. The van der Waals surface area contributed by atoms with Gasteiger partial charge in [-0.1, -0.05) is 0 Å². The Morgan fingerprint density at radius 2 is 2.30 bits per heavy atom. The zero-order valence-corrected chi connectivity index (χ0v) is 14.1. The van der Waals surface area contributed by atoms with E-state index in [0.29, 0.717) is 6.04 Å². The molecule has 128 valence electrons. The van der Waals surface area contributed by atoms with Crippen molar-refractivity contribution in [1.29, 1.82) is 0 Å². The number of hydrogen-bond acceptors (Lipinski definition) is 6. The summed E-state index contributed by atoms with van der Waals surface area (Å²) in [6.45, 7) is 4.60. The average Bonchev–Trinajstić information content (AvgIpc) is 2.63. The topological polar surface area (TPSA) is 50.7 Å². The van der Waals surface area contributed by atoms with Gasteiger partial charge in [0.15, 0.2) is 12.1 Å². The van der Waals surface area contributed by atoms with Gasteiger partial charge in [0.1, 0.15) is 0 Å². The lowest BCUT2D eigenvalue weighted by molar-refractivity contribution is -0.164. The molecule has 3 heterocycles. The third-order valence-electron chi connectivity index (χ3n) is 4.79. The minimum Gasteiger partial charge on any atom is -0.354 e. The van der Waals surface area contributed by atoms with Crippen LogP contribution in [0, 0.1) is 0 Å². The molecule has 1 aromatic heterocycles. The van der Waals surface area contributed by atoms with Crippen molar-refractivity contribution < 1.29 is 9.47 Å². The van der Waals surface area contributed by atoms with Crippen LogP contribution in [0.3, 0.4) is 0 Å². The summed E-state index contributed by atoms with van der Waals surface area (Å²) in [5, 5.41) is 8.23. The molecule has 2 fully saturated rings. The summed E-state index contributed by atoms with van der Waals surface area (Å²) in [5.41, 5.74) is 0. The Labute approximate surface area is 138 Å². The molecule has 2 saturated heterocycles. The predicted molar refractivity (Wildman–Crippen MR) is 89.4 cm³/mol. The summed E-state index contributed by atoms with van der Waals surface area (Å²) in [6, 6.07) is 4.54. The Hall–Kier alpha value is -1.24. The maximum atomic E-state index is 5.86. The third-order valence-corrected chi connectivity index (χ3v) is 4.79. The normalized spacial score (nSPS) is 25.7. The number of ether oxygens (including phenoxy) is 2. The maximum Gasteiger partial charge on any atom is 0.157 e. The van der Waals surface area contributed by atoms with Crippen LogP contribution in [0.2, 0.25) is 0 Å². The van der Waals surface area contributed by atoms with Gasteiger partial charge < -0.3 is 14.4 Å². The first-order chi connectivity index (χ1) is 11.3. The van der Waals surface area contributed by atoms with Crippen LogP contribution in [0.1, 0.15) is 32.1 Å². The lowest BCUT2D eigenvalue weighted by Gasteiger charge is -2.38. The van der Waals surface area contributed by atoms with Gasteiger partial charge in [-0.2, -0.15) is 5.10 Å². The van der Waals surface area contributed by atoms with Crippen LogP contribution < -0.4 is 4.90 Å². The SMILES string of the molecule is CN(CCO[C@@H]1CCCCO1)[C@@H]1CCCN(c2cccnn2)C1. The molecule has 2 atom stereocenters. The molecule has 0 bridgehead atoms. The van der Waals surface area contributed by atoms with Gasteiger partial charge in [0, 0.05) is 38.5 Å². The summed E-state index contributed by atoms with van der Waals surface area (Å²) < 4.78 is 11.5. The van der Waals surface area contributed by atoms with Gasteiger partial charge in [-0.3, -0.25) is 4.90 Å². The van der Waals surface area contributed by atoms with Crippen LogP contribution >= 0.6 is 0 Å². The highest BCUT2D eigenvalue weighted by Crippen LogP contribution is 2.20. The molecule has 0 spiro atoms. The molecule has 6 heteroatoms. The van der Waals surface area contributed by atoms with Crippen LogP contribution in [0.25, 0.3) is 0 Å². The minimum absolute atomic E-state index is 0.0135. The lowest BCUT2D eigenvalue weighted by Crippen LogP contribution is -2.47. The summed E-state index contributed by atoms with van der Waals surface area (Å²) in [4.78, 5) is 4.74. The van der Waals surface area contributed by atoms with E-state index in [0.717, 1.165) is 45.1 Å². The van der Waals surface area contributed by atoms with E-state index >= 15 is 0 Å². The highest BCUT2D eigenvalue weighted by molar-refractivity contribution is 5.37. The maximum absolute atomic E-state index is 5.86. The van der Waals surface area contributed by atoms with Crippen LogP contribution in [0.4, 0.5) is 5.82 Å². The van der Waals surface area contributed by atoms with Crippen molar-refractivity contribution in [2.45, 2.75) is 44.4 Å². The Morgan fingerprint density at radius 3 is 3.09 bits per heavy atom. The van der Waals surface area contributed by atoms with E-state index in [9.17, 15) is 0 Å². The third kappa shape index (κ3) is 4.86. The van der Waals surface area contributed by atoms with Gasteiger partial charge in [0.25, 0.3) is 0 Å². The molecule has 0 unspecified atom stereocenters. The number of hydrogen-bond donors (Lipinski definition) is 0. The second kappa shape index (κ2) is 8.57. The van der Waals surface area contributed by atoms with Crippen molar-refractivity contribution in [3.8, 4) is 0 Å². The molecule has 6 nitrogen and oxygen atoms in total. The Kier molecular flexibility index (Phi) is 6.19. The molecule has 0 N–H and O–H groups in total. The zero-order valence-electron chi connectivity index (χ0n) is 14.1. The van der Waals surface area contributed by atoms with Gasteiger partial charge in [-0.05, 0) is 51.3 Å². The second-order valence-corrected chi connectivity index (χ2v) is 6.47. The molecule has 0 aromatic carbocycles. The van der Waals surface area contributed by atoms with Gasteiger partial charge >= 0.3 is 0 Å². The number of nitrogens with zero attached hydrogens (tertiary/aromatic N) is 4. The molecule has 0 amide bonds. The molecule has 2 aliphatic heterocycles. The highest BCUT2D eigenvalue weighted by atomic mass is 16.7. The Morgan fingerprint density at radius 1 is 1.35 bits per heavy atom. The van der Waals surface area contributed by atoms with Gasteiger partial charge in [0.05, 0.1) is 6.61 Å². The van der Waals surface area contributed by atoms with Crippen LogP contribution in [0.5, 0.6) is 0 Å². The van der Waals surface area contributed by atoms with E-state index in [-0.39, 0.29) is 6.29 Å². The second-order valence-electron chi connectivity index (χ2n) is 6.47. The molecule has 3 rings (SSSR count). The number of anilines is 1. The summed E-state index contributed by atoms with van der Waals surface area (Å²) in [7, 11) is 2.19.